The highest BCUT2D eigenvalue weighted by Crippen LogP contribution is 2.21. The van der Waals surface area contributed by atoms with E-state index in [0.717, 1.165) is 31.1 Å². The summed E-state index contributed by atoms with van der Waals surface area (Å²) >= 11 is 0. The van der Waals surface area contributed by atoms with E-state index >= 15 is 0 Å². The average Bonchev–Trinajstić information content (AvgIpc) is 2.41. The van der Waals surface area contributed by atoms with Gasteiger partial charge in [0, 0.05) is 13.1 Å². The molecule has 0 aliphatic carbocycles. The third kappa shape index (κ3) is 4.60. The molecule has 0 saturated carbocycles. The molecule has 0 bridgehead atoms. The number of hydrogen-bond donors (Lipinski definition) is 1. The van der Waals surface area contributed by atoms with E-state index in [2.05, 4.69) is 23.9 Å². The van der Waals surface area contributed by atoms with Crippen LogP contribution in [0.5, 0.6) is 0 Å². The Hall–Kier alpha value is -0.900. The van der Waals surface area contributed by atoms with Gasteiger partial charge in [0.15, 0.2) is 0 Å². The second kappa shape index (κ2) is 7.04. The molecule has 1 fully saturated rings. The molecule has 0 spiro atoms. The fraction of sp³-hybridized carbons (Fsp3) is 0.625. The number of hydrogen-bond acceptors (Lipinski definition) is 3. The SMILES string of the molecule is CN(C)CC1CCN(CC(O)c2ccccc2)CC1. The molecule has 1 aliphatic heterocycles. The average molecular weight is 262 g/mol. The van der Waals surface area contributed by atoms with E-state index in [-0.39, 0.29) is 6.10 Å². The van der Waals surface area contributed by atoms with Gasteiger partial charge in [-0.15, -0.1) is 0 Å². The first-order valence-corrected chi connectivity index (χ1v) is 7.25. The molecule has 3 nitrogen and oxygen atoms in total. The van der Waals surface area contributed by atoms with Gasteiger partial charge in [-0.2, -0.15) is 0 Å². The third-order valence-corrected chi connectivity index (χ3v) is 3.95. The highest BCUT2D eigenvalue weighted by molar-refractivity contribution is 5.17. The monoisotopic (exact) mass is 262 g/mol. The van der Waals surface area contributed by atoms with Gasteiger partial charge >= 0.3 is 0 Å². The Bertz CT molecular complexity index is 358. The van der Waals surface area contributed by atoms with E-state index in [0.29, 0.717) is 0 Å². The van der Waals surface area contributed by atoms with E-state index in [4.69, 9.17) is 0 Å². The smallest absolute Gasteiger partial charge is 0.0916 e. The maximum absolute atomic E-state index is 10.2. The zero-order valence-electron chi connectivity index (χ0n) is 12.1. The van der Waals surface area contributed by atoms with Gasteiger partial charge in [-0.3, -0.25) is 0 Å². The second-order valence-corrected chi connectivity index (χ2v) is 5.93. The van der Waals surface area contributed by atoms with Gasteiger partial charge in [0.1, 0.15) is 0 Å². The first-order valence-electron chi connectivity index (χ1n) is 7.25. The molecule has 2 rings (SSSR count). The largest absolute Gasteiger partial charge is 0.387 e. The Kier molecular flexibility index (Phi) is 5.37. The van der Waals surface area contributed by atoms with Crippen molar-refractivity contribution in [1.29, 1.82) is 0 Å². The molecule has 19 heavy (non-hydrogen) atoms. The molecule has 106 valence electrons. The zero-order valence-corrected chi connectivity index (χ0v) is 12.1. The summed E-state index contributed by atoms with van der Waals surface area (Å²) in [5.41, 5.74) is 1.03. The number of likely N-dealkylation sites (tertiary alicyclic amines) is 1. The fourth-order valence-electron chi connectivity index (χ4n) is 2.89. The predicted octanol–water partition coefficient (Wildman–Crippen LogP) is 1.99. The van der Waals surface area contributed by atoms with Gasteiger partial charge in [0.25, 0.3) is 0 Å². The van der Waals surface area contributed by atoms with Crippen LogP contribution in [0, 0.1) is 5.92 Å². The van der Waals surface area contributed by atoms with Crippen molar-refractivity contribution in [2.24, 2.45) is 5.92 Å². The molecular weight excluding hydrogens is 236 g/mol. The lowest BCUT2D eigenvalue weighted by atomic mass is 9.96. The Balaban J connectivity index is 1.76. The van der Waals surface area contributed by atoms with Crippen molar-refractivity contribution in [2.45, 2.75) is 18.9 Å². The fourth-order valence-corrected chi connectivity index (χ4v) is 2.89. The maximum Gasteiger partial charge on any atom is 0.0916 e. The Morgan fingerprint density at radius 3 is 2.42 bits per heavy atom. The van der Waals surface area contributed by atoms with Crippen LogP contribution in [0.1, 0.15) is 24.5 Å². The molecule has 0 radical (unpaired) electrons. The van der Waals surface area contributed by atoms with Crippen LogP contribution in [0.25, 0.3) is 0 Å². The highest BCUT2D eigenvalue weighted by atomic mass is 16.3. The van der Waals surface area contributed by atoms with Crippen molar-refractivity contribution in [3.05, 3.63) is 35.9 Å². The molecule has 1 aromatic rings. The van der Waals surface area contributed by atoms with Crippen LogP contribution in [-0.2, 0) is 0 Å². The summed E-state index contributed by atoms with van der Waals surface area (Å²) in [4.78, 5) is 4.67. The van der Waals surface area contributed by atoms with Crippen molar-refractivity contribution in [2.75, 3.05) is 40.3 Å². The lowest BCUT2D eigenvalue weighted by molar-refractivity contribution is 0.0847. The minimum absolute atomic E-state index is 0.355. The van der Waals surface area contributed by atoms with E-state index < -0.39 is 0 Å². The Labute approximate surface area is 116 Å². The first-order chi connectivity index (χ1) is 9.15. The lowest BCUT2D eigenvalue weighted by Gasteiger charge is -2.34. The Morgan fingerprint density at radius 1 is 1.21 bits per heavy atom. The van der Waals surface area contributed by atoms with Gasteiger partial charge in [0.05, 0.1) is 6.10 Å². The molecule has 3 heteroatoms. The number of piperidine rings is 1. The van der Waals surface area contributed by atoms with Gasteiger partial charge in [-0.1, -0.05) is 30.3 Å². The van der Waals surface area contributed by atoms with Crippen LogP contribution >= 0.6 is 0 Å². The molecule has 1 unspecified atom stereocenters. The summed E-state index contributed by atoms with van der Waals surface area (Å²) in [6, 6.07) is 9.97. The number of aliphatic hydroxyl groups excluding tert-OH is 1. The number of β-amino-alcohol motifs (C(OH)–C–C–N with tert-alkyl or cyclic N) is 1. The summed E-state index contributed by atoms with van der Waals surface area (Å²) < 4.78 is 0. The van der Waals surface area contributed by atoms with E-state index in [9.17, 15) is 5.11 Å². The summed E-state index contributed by atoms with van der Waals surface area (Å²) in [5, 5.41) is 10.2. The standard InChI is InChI=1S/C16H26N2O/c1-17(2)12-14-8-10-18(11-9-14)13-16(19)15-6-4-3-5-7-15/h3-7,14,16,19H,8-13H2,1-2H3. The highest BCUT2D eigenvalue weighted by Gasteiger charge is 2.21. The molecule has 1 aliphatic rings. The minimum Gasteiger partial charge on any atom is -0.387 e. The van der Waals surface area contributed by atoms with Crippen molar-refractivity contribution < 1.29 is 5.11 Å². The van der Waals surface area contributed by atoms with Crippen molar-refractivity contribution in [3.63, 3.8) is 0 Å². The number of benzene rings is 1. The van der Waals surface area contributed by atoms with E-state index in [1.165, 1.54) is 19.4 Å². The topological polar surface area (TPSA) is 26.7 Å². The van der Waals surface area contributed by atoms with Crippen molar-refractivity contribution >= 4 is 0 Å². The lowest BCUT2D eigenvalue weighted by Crippen LogP contribution is -2.39. The molecule has 1 aromatic carbocycles. The van der Waals surface area contributed by atoms with Gasteiger partial charge in [-0.05, 0) is 51.5 Å². The molecule has 1 atom stereocenters. The molecule has 1 N–H and O–H groups in total. The molecule has 0 aromatic heterocycles. The minimum atomic E-state index is -0.355. The molecule has 0 amide bonds. The molecule has 1 heterocycles. The summed E-state index contributed by atoms with van der Waals surface area (Å²) in [6.45, 7) is 4.18. The number of nitrogens with zero attached hydrogens (tertiary/aromatic N) is 2. The zero-order chi connectivity index (χ0) is 13.7. The summed E-state index contributed by atoms with van der Waals surface area (Å²) in [6.07, 6.45) is 2.14. The predicted molar refractivity (Wildman–Crippen MR) is 79.1 cm³/mol. The van der Waals surface area contributed by atoms with E-state index in [1.54, 1.807) is 0 Å². The van der Waals surface area contributed by atoms with Crippen LogP contribution in [0.2, 0.25) is 0 Å². The quantitative estimate of drug-likeness (QED) is 0.879. The molecule has 1 saturated heterocycles. The second-order valence-electron chi connectivity index (χ2n) is 5.93. The van der Waals surface area contributed by atoms with Crippen molar-refractivity contribution in [3.8, 4) is 0 Å². The van der Waals surface area contributed by atoms with Crippen LogP contribution in [0.4, 0.5) is 0 Å². The van der Waals surface area contributed by atoms with Crippen LogP contribution < -0.4 is 0 Å². The van der Waals surface area contributed by atoms with Crippen LogP contribution in [0.3, 0.4) is 0 Å². The normalized spacial score (nSPS) is 19.8. The number of aliphatic hydroxyl groups is 1. The third-order valence-electron chi connectivity index (χ3n) is 3.95. The summed E-state index contributed by atoms with van der Waals surface area (Å²) in [7, 11) is 4.29. The van der Waals surface area contributed by atoms with Gasteiger partial charge < -0.3 is 14.9 Å². The summed E-state index contributed by atoms with van der Waals surface area (Å²) in [5.74, 6) is 0.820. The van der Waals surface area contributed by atoms with E-state index in [1.807, 2.05) is 30.3 Å². The molecular formula is C16H26N2O. The van der Waals surface area contributed by atoms with Crippen LogP contribution in [-0.4, -0.2) is 55.2 Å². The van der Waals surface area contributed by atoms with Crippen LogP contribution in [0.15, 0.2) is 30.3 Å². The van der Waals surface area contributed by atoms with Gasteiger partial charge in [-0.25, -0.2) is 0 Å². The van der Waals surface area contributed by atoms with Crippen molar-refractivity contribution in [1.82, 2.24) is 9.80 Å². The Morgan fingerprint density at radius 2 is 1.84 bits per heavy atom. The first kappa shape index (κ1) is 14.5. The maximum atomic E-state index is 10.2. The number of rotatable bonds is 5. The van der Waals surface area contributed by atoms with Gasteiger partial charge in [0.2, 0.25) is 0 Å².